The minimum atomic E-state index is -0.431. The summed E-state index contributed by atoms with van der Waals surface area (Å²) in [4.78, 5) is 10.5. The standard InChI is InChI=1S/C19H13N3O4S/c1-25-15-7-5-12(6-8-15)18-20-21-19(27-18)17-10-9-16(26-17)13-3-2-4-14(11-13)22(23)24/h2-11H,1H3. The number of aromatic nitrogens is 2. The Morgan fingerprint density at radius 1 is 0.963 bits per heavy atom. The number of methoxy groups -OCH3 is 1. The van der Waals surface area contributed by atoms with Gasteiger partial charge in [-0.15, -0.1) is 10.2 Å². The van der Waals surface area contributed by atoms with Crippen molar-refractivity contribution in [3.63, 3.8) is 0 Å². The Kier molecular flexibility index (Phi) is 4.39. The van der Waals surface area contributed by atoms with Crippen LogP contribution in [0.2, 0.25) is 0 Å². The largest absolute Gasteiger partial charge is 0.497 e. The van der Waals surface area contributed by atoms with E-state index in [1.807, 2.05) is 24.3 Å². The van der Waals surface area contributed by atoms with Gasteiger partial charge in [-0.25, -0.2) is 0 Å². The highest BCUT2D eigenvalue weighted by Crippen LogP contribution is 2.34. The third-order valence-electron chi connectivity index (χ3n) is 3.92. The van der Waals surface area contributed by atoms with E-state index in [9.17, 15) is 10.1 Å². The van der Waals surface area contributed by atoms with Crippen LogP contribution >= 0.6 is 11.3 Å². The summed E-state index contributed by atoms with van der Waals surface area (Å²) in [5.41, 5.74) is 1.59. The lowest BCUT2D eigenvalue weighted by Crippen LogP contribution is -1.87. The molecule has 0 bridgehead atoms. The molecule has 0 aliphatic heterocycles. The maximum atomic E-state index is 10.9. The molecule has 0 saturated heterocycles. The molecule has 8 heteroatoms. The molecule has 0 saturated carbocycles. The zero-order valence-corrected chi connectivity index (χ0v) is 15.0. The molecule has 0 N–H and O–H groups in total. The summed E-state index contributed by atoms with van der Waals surface area (Å²) in [6, 6.07) is 17.4. The van der Waals surface area contributed by atoms with Gasteiger partial charge in [-0.05, 0) is 36.4 Å². The zero-order chi connectivity index (χ0) is 18.8. The van der Waals surface area contributed by atoms with Crippen LogP contribution in [-0.2, 0) is 0 Å². The quantitative estimate of drug-likeness (QED) is 0.356. The van der Waals surface area contributed by atoms with E-state index in [0.717, 1.165) is 16.3 Å². The first-order valence-electron chi connectivity index (χ1n) is 7.97. The van der Waals surface area contributed by atoms with E-state index in [1.54, 1.807) is 31.4 Å². The van der Waals surface area contributed by atoms with E-state index in [4.69, 9.17) is 9.15 Å². The fourth-order valence-electron chi connectivity index (χ4n) is 2.55. The van der Waals surface area contributed by atoms with Crippen LogP contribution < -0.4 is 4.74 Å². The third kappa shape index (κ3) is 3.42. The highest BCUT2D eigenvalue weighted by molar-refractivity contribution is 7.17. The number of nitrogens with zero attached hydrogens (tertiary/aromatic N) is 3. The maximum absolute atomic E-state index is 10.9. The lowest BCUT2D eigenvalue weighted by atomic mass is 10.1. The number of hydrogen-bond donors (Lipinski definition) is 0. The predicted molar refractivity (Wildman–Crippen MR) is 102 cm³/mol. The van der Waals surface area contributed by atoms with Crippen LogP contribution in [0.1, 0.15) is 0 Å². The van der Waals surface area contributed by atoms with Gasteiger partial charge in [-0.1, -0.05) is 23.5 Å². The van der Waals surface area contributed by atoms with Crippen molar-refractivity contribution in [2.24, 2.45) is 0 Å². The molecule has 4 rings (SSSR count). The van der Waals surface area contributed by atoms with Crippen LogP contribution in [-0.4, -0.2) is 22.2 Å². The molecule has 0 unspecified atom stereocenters. The molecule has 0 atom stereocenters. The van der Waals surface area contributed by atoms with Gasteiger partial charge in [0.1, 0.15) is 16.5 Å². The van der Waals surface area contributed by atoms with Gasteiger partial charge in [-0.2, -0.15) is 0 Å². The monoisotopic (exact) mass is 379 g/mol. The molecule has 0 amide bonds. The molecule has 27 heavy (non-hydrogen) atoms. The average molecular weight is 379 g/mol. The van der Waals surface area contributed by atoms with Crippen molar-refractivity contribution in [1.82, 2.24) is 10.2 Å². The number of furan rings is 1. The van der Waals surface area contributed by atoms with Crippen molar-refractivity contribution in [2.75, 3.05) is 7.11 Å². The van der Waals surface area contributed by atoms with E-state index in [2.05, 4.69) is 10.2 Å². The number of nitro groups is 1. The van der Waals surface area contributed by atoms with Crippen molar-refractivity contribution >= 4 is 17.0 Å². The Hall–Kier alpha value is -3.52. The average Bonchev–Trinajstić information content (AvgIpc) is 3.38. The molecule has 0 fully saturated rings. The lowest BCUT2D eigenvalue weighted by Gasteiger charge is -1.99. The number of nitro benzene ring substituents is 1. The zero-order valence-electron chi connectivity index (χ0n) is 14.2. The normalized spacial score (nSPS) is 10.7. The molecule has 0 radical (unpaired) electrons. The predicted octanol–water partition coefficient (Wildman–Crippen LogP) is 5.05. The minimum absolute atomic E-state index is 0.0168. The number of rotatable bonds is 5. The topological polar surface area (TPSA) is 91.3 Å². The summed E-state index contributed by atoms with van der Waals surface area (Å²) in [6.07, 6.45) is 0. The smallest absolute Gasteiger partial charge is 0.270 e. The maximum Gasteiger partial charge on any atom is 0.270 e. The number of hydrogen-bond acceptors (Lipinski definition) is 7. The van der Waals surface area contributed by atoms with Crippen molar-refractivity contribution in [3.8, 4) is 38.4 Å². The second-order valence-corrected chi connectivity index (χ2v) is 6.59. The Balaban J connectivity index is 1.61. The Morgan fingerprint density at radius 3 is 2.44 bits per heavy atom. The molecule has 2 aromatic carbocycles. The van der Waals surface area contributed by atoms with Gasteiger partial charge in [0.05, 0.1) is 12.0 Å². The lowest BCUT2D eigenvalue weighted by molar-refractivity contribution is -0.384. The summed E-state index contributed by atoms with van der Waals surface area (Å²) in [6.45, 7) is 0. The van der Waals surface area contributed by atoms with Crippen molar-refractivity contribution in [2.45, 2.75) is 0 Å². The summed E-state index contributed by atoms with van der Waals surface area (Å²) in [5, 5.41) is 20.8. The summed E-state index contributed by atoms with van der Waals surface area (Å²) in [5.74, 6) is 1.87. The van der Waals surface area contributed by atoms with E-state index in [0.29, 0.717) is 22.1 Å². The second-order valence-electron chi connectivity index (χ2n) is 5.61. The van der Waals surface area contributed by atoms with Crippen molar-refractivity contribution < 1.29 is 14.1 Å². The first-order valence-corrected chi connectivity index (χ1v) is 8.78. The molecule has 4 aromatic rings. The number of benzene rings is 2. The SMILES string of the molecule is COc1ccc(-c2nnc(-c3ccc(-c4cccc([N+](=O)[O-])c4)o3)s2)cc1. The van der Waals surface area contributed by atoms with Gasteiger partial charge >= 0.3 is 0 Å². The van der Waals surface area contributed by atoms with Crippen LogP contribution in [0.5, 0.6) is 5.75 Å². The highest BCUT2D eigenvalue weighted by atomic mass is 32.1. The van der Waals surface area contributed by atoms with Gasteiger partial charge in [0.2, 0.25) is 0 Å². The summed E-state index contributed by atoms with van der Waals surface area (Å²) < 4.78 is 11.0. The van der Waals surface area contributed by atoms with E-state index in [-0.39, 0.29) is 5.69 Å². The van der Waals surface area contributed by atoms with Gasteiger partial charge in [-0.3, -0.25) is 10.1 Å². The first kappa shape index (κ1) is 16.9. The van der Waals surface area contributed by atoms with Crippen molar-refractivity contribution in [1.29, 1.82) is 0 Å². The molecule has 134 valence electrons. The highest BCUT2D eigenvalue weighted by Gasteiger charge is 2.14. The minimum Gasteiger partial charge on any atom is -0.497 e. The Bertz CT molecular complexity index is 1100. The molecule has 2 heterocycles. The number of ether oxygens (including phenoxy) is 1. The molecule has 7 nitrogen and oxygen atoms in total. The van der Waals surface area contributed by atoms with Crippen LogP contribution in [0.3, 0.4) is 0 Å². The fourth-order valence-corrected chi connectivity index (χ4v) is 3.36. The van der Waals surface area contributed by atoms with Crippen LogP contribution in [0.4, 0.5) is 5.69 Å². The molecule has 0 aliphatic rings. The Morgan fingerprint density at radius 2 is 1.70 bits per heavy atom. The van der Waals surface area contributed by atoms with Gasteiger partial charge in [0, 0.05) is 23.3 Å². The van der Waals surface area contributed by atoms with E-state index >= 15 is 0 Å². The van der Waals surface area contributed by atoms with Crippen molar-refractivity contribution in [3.05, 3.63) is 70.8 Å². The van der Waals surface area contributed by atoms with Gasteiger partial charge in [0.15, 0.2) is 10.8 Å². The van der Waals surface area contributed by atoms with Crippen LogP contribution in [0, 0.1) is 10.1 Å². The third-order valence-corrected chi connectivity index (χ3v) is 4.91. The second kappa shape index (κ2) is 7.00. The molecular formula is C19H13N3O4S. The van der Waals surface area contributed by atoms with Crippen LogP contribution in [0.25, 0.3) is 32.7 Å². The summed E-state index contributed by atoms with van der Waals surface area (Å²) >= 11 is 1.40. The first-order chi connectivity index (χ1) is 13.1. The Labute approximate surface area is 158 Å². The molecule has 0 spiro atoms. The molecular weight excluding hydrogens is 366 g/mol. The van der Waals surface area contributed by atoms with Crippen LogP contribution in [0.15, 0.2) is 65.1 Å². The molecule has 2 aromatic heterocycles. The number of non-ortho nitro benzene ring substituents is 1. The summed E-state index contributed by atoms with van der Waals surface area (Å²) in [7, 11) is 1.62. The van der Waals surface area contributed by atoms with Gasteiger partial charge < -0.3 is 9.15 Å². The van der Waals surface area contributed by atoms with E-state index in [1.165, 1.54) is 23.5 Å². The fraction of sp³-hybridized carbons (Fsp3) is 0.0526. The molecule has 0 aliphatic carbocycles. The van der Waals surface area contributed by atoms with E-state index < -0.39 is 4.92 Å². The van der Waals surface area contributed by atoms with Gasteiger partial charge in [0.25, 0.3) is 5.69 Å².